The number of nitrogens with zero attached hydrogens (tertiary/aromatic N) is 5. The summed E-state index contributed by atoms with van der Waals surface area (Å²) in [6.45, 7) is 2.62. The number of aromatic hydroxyl groups is 1. The molecular weight excluding hydrogens is 478 g/mol. The molecule has 0 unspecified atom stereocenters. The number of para-hydroxylation sites is 1. The monoisotopic (exact) mass is 499 g/mol. The minimum atomic E-state index is 0.0295. The van der Waals surface area contributed by atoms with E-state index in [9.17, 15) is 5.11 Å². The van der Waals surface area contributed by atoms with Crippen molar-refractivity contribution in [3.05, 3.63) is 52.5 Å². The third kappa shape index (κ3) is 5.42. The summed E-state index contributed by atoms with van der Waals surface area (Å²) in [6.07, 6.45) is 1.58. The molecule has 32 heavy (non-hydrogen) atoms. The average Bonchev–Trinajstić information content (AvgIpc) is 2.82. The standard InChI is InChI=1S/C21H22BrN7O3/c1-31-17-12-14(11-16(22)18(17)30)13-23-28-20-25-19(24-15-5-3-2-4-6-15)26-21(27-20)29-7-9-32-10-8-29/h2-6,11-13,30H,7-10H2,1H3,(H2,24,25,26,27,28)/b23-13+. The van der Waals surface area contributed by atoms with Gasteiger partial charge in [-0.25, -0.2) is 5.43 Å². The highest BCUT2D eigenvalue weighted by molar-refractivity contribution is 9.10. The predicted molar refractivity (Wildman–Crippen MR) is 126 cm³/mol. The van der Waals surface area contributed by atoms with E-state index in [-0.39, 0.29) is 5.75 Å². The van der Waals surface area contributed by atoms with Crippen molar-refractivity contribution < 1.29 is 14.6 Å². The van der Waals surface area contributed by atoms with Crippen LogP contribution in [-0.2, 0) is 4.74 Å². The molecule has 0 aliphatic carbocycles. The van der Waals surface area contributed by atoms with Crippen LogP contribution in [0.15, 0.2) is 52.0 Å². The fourth-order valence-corrected chi connectivity index (χ4v) is 3.47. The lowest BCUT2D eigenvalue weighted by atomic mass is 10.2. The Balaban J connectivity index is 1.57. The van der Waals surface area contributed by atoms with Crippen molar-refractivity contribution in [1.29, 1.82) is 0 Å². The lowest BCUT2D eigenvalue weighted by Gasteiger charge is -2.27. The van der Waals surface area contributed by atoms with Crippen LogP contribution in [0.1, 0.15) is 5.56 Å². The van der Waals surface area contributed by atoms with Crippen molar-refractivity contribution in [1.82, 2.24) is 15.0 Å². The highest BCUT2D eigenvalue weighted by atomic mass is 79.9. The molecule has 1 aliphatic heterocycles. The number of halogens is 1. The molecule has 0 radical (unpaired) electrons. The van der Waals surface area contributed by atoms with E-state index in [2.05, 4.69) is 46.7 Å². The van der Waals surface area contributed by atoms with Crippen LogP contribution < -0.4 is 20.4 Å². The van der Waals surface area contributed by atoms with Gasteiger partial charge in [-0.1, -0.05) is 18.2 Å². The molecule has 0 atom stereocenters. The van der Waals surface area contributed by atoms with E-state index in [0.717, 1.165) is 5.69 Å². The number of ether oxygens (including phenoxy) is 2. The van der Waals surface area contributed by atoms with E-state index in [1.807, 2.05) is 35.2 Å². The molecule has 0 bridgehead atoms. The van der Waals surface area contributed by atoms with E-state index < -0.39 is 0 Å². The van der Waals surface area contributed by atoms with Crippen molar-refractivity contribution in [2.75, 3.05) is 49.1 Å². The molecule has 0 spiro atoms. The first-order chi connectivity index (χ1) is 15.6. The number of anilines is 4. The van der Waals surface area contributed by atoms with Gasteiger partial charge in [0.1, 0.15) is 0 Å². The number of hydrogen-bond donors (Lipinski definition) is 3. The fourth-order valence-electron chi connectivity index (χ4n) is 3.01. The van der Waals surface area contributed by atoms with Gasteiger partial charge in [0.15, 0.2) is 11.5 Å². The number of hydrogen-bond acceptors (Lipinski definition) is 10. The molecule has 1 fully saturated rings. The first kappa shape index (κ1) is 21.8. The maximum absolute atomic E-state index is 9.95. The normalized spacial score (nSPS) is 13.9. The SMILES string of the molecule is COc1cc(/C=N/Nc2nc(Nc3ccccc3)nc(N3CCOCC3)n2)cc(Br)c1O. The minimum Gasteiger partial charge on any atom is -0.503 e. The number of morpholine rings is 1. The Bertz CT molecular complexity index is 1090. The molecule has 0 saturated carbocycles. The quantitative estimate of drug-likeness (QED) is 0.332. The summed E-state index contributed by atoms with van der Waals surface area (Å²) in [5.41, 5.74) is 4.44. The number of rotatable bonds is 7. The second-order valence-electron chi connectivity index (χ2n) is 6.80. The Hall–Kier alpha value is -3.44. The largest absolute Gasteiger partial charge is 0.503 e. The van der Waals surface area contributed by atoms with Gasteiger partial charge < -0.3 is 24.8 Å². The number of methoxy groups -OCH3 is 1. The number of aromatic nitrogens is 3. The molecule has 4 rings (SSSR count). The third-order valence-corrected chi connectivity index (χ3v) is 5.20. The van der Waals surface area contributed by atoms with E-state index in [1.54, 1.807) is 18.3 Å². The van der Waals surface area contributed by atoms with Gasteiger partial charge in [-0.05, 0) is 45.8 Å². The van der Waals surface area contributed by atoms with Gasteiger partial charge >= 0.3 is 0 Å². The van der Waals surface area contributed by atoms with Crippen molar-refractivity contribution in [3.63, 3.8) is 0 Å². The first-order valence-corrected chi connectivity index (χ1v) is 10.7. The average molecular weight is 500 g/mol. The zero-order valence-corrected chi connectivity index (χ0v) is 18.9. The van der Waals surface area contributed by atoms with E-state index in [0.29, 0.717) is 59.9 Å². The molecule has 0 amide bonds. The van der Waals surface area contributed by atoms with Gasteiger partial charge in [0.25, 0.3) is 0 Å². The van der Waals surface area contributed by atoms with Crippen LogP contribution in [0.2, 0.25) is 0 Å². The summed E-state index contributed by atoms with van der Waals surface area (Å²) in [7, 11) is 1.49. The van der Waals surface area contributed by atoms with Gasteiger partial charge in [-0.2, -0.15) is 20.1 Å². The Morgan fingerprint density at radius 2 is 1.88 bits per heavy atom. The topological polar surface area (TPSA) is 117 Å². The molecule has 10 nitrogen and oxygen atoms in total. The van der Waals surface area contributed by atoms with Gasteiger partial charge in [0.2, 0.25) is 17.8 Å². The summed E-state index contributed by atoms with van der Waals surface area (Å²) < 4.78 is 11.1. The maximum atomic E-state index is 9.95. The Kier molecular flexibility index (Phi) is 6.97. The van der Waals surface area contributed by atoms with Crippen molar-refractivity contribution in [2.45, 2.75) is 0 Å². The zero-order valence-electron chi connectivity index (χ0n) is 17.3. The predicted octanol–water partition coefficient (Wildman–Crippen LogP) is 3.37. The summed E-state index contributed by atoms with van der Waals surface area (Å²) in [4.78, 5) is 15.5. The highest BCUT2D eigenvalue weighted by Crippen LogP contribution is 2.34. The van der Waals surface area contributed by atoms with Crippen LogP contribution in [0.3, 0.4) is 0 Å². The maximum Gasteiger partial charge on any atom is 0.250 e. The Morgan fingerprint density at radius 1 is 1.12 bits per heavy atom. The van der Waals surface area contributed by atoms with Gasteiger partial charge in [0, 0.05) is 18.8 Å². The summed E-state index contributed by atoms with van der Waals surface area (Å²) in [6, 6.07) is 13.0. The van der Waals surface area contributed by atoms with Crippen LogP contribution >= 0.6 is 15.9 Å². The Labute approximate surface area is 193 Å². The molecule has 11 heteroatoms. The van der Waals surface area contributed by atoms with Gasteiger partial charge in [-0.15, -0.1) is 0 Å². The number of hydrazone groups is 1. The number of nitrogens with one attached hydrogen (secondary N) is 2. The first-order valence-electron chi connectivity index (χ1n) is 9.89. The fraction of sp³-hybridized carbons (Fsp3) is 0.238. The third-order valence-electron chi connectivity index (χ3n) is 4.60. The summed E-state index contributed by atoms with van der Waals surface area (Å²) in [5, 5.41) is 17.4. The lowest BCUT2D eigenvalue weighted by molar-refractivity contribution is 0.122. The van der Waals surface area contributed by atoms with Crippen LogP contribution in [-0.4, -0.2) is 59.7 Å². The molecule has 2 aromatic carbocycles. The van der Waals surface area contributed by atoms with Crippen LogP contribution in [0, 0.1) is 0 Å². The second kappa shape index (κ2) is 10.2. The van der Waals surface area contributed by atoms with Crippen molar-refractivity contribution >= 4 is 45.7 Å². The summed E-state index contributed by atoms with van der Waals surface area (Å²) >= 11 is 3.30. The lowest BCUT2D eigenvalue weighted by Crippen LogP contribution is -2.37. The van der Waals surface area contributed by atoms with E-state index in [4.69, 9.17) is 9.47 Å². The molecule has 2 heterocycles. The molecule has 1 saturated heterocycles. The van der Waals surface area contributed by atoms with E-state index >= 15 is 0 Å². The van der Waals surface area contributed by atoms with E-state index in [1.165, 1.54) is 7.11 Å². The van der Waals surface area contributed by atoms with Crippen LogP contribution in [0.25, 0.3) is 0 Å². The minimum absolute atomic E-state index is 0.0295. The number of phenolic OH excluding ortho intramolecular Hbond substituents is 1. The van der Waals surface area contributed by atoms with Crippen LogP contribution in [0.5, 0.6) is 11.5 Å². The highest BCUT2D eigenvalue weighted by Gasteiger charge is 2.17. The molecule has 1 aliphatic rings. The van der Waals surface area contributed by atoms with Crippen LogP contribution in [0.4, 0.5) is 23.5 Å². The second-order valence-corrected chi connectivity index (χ2v) is 7.65. The molecule has 3 aromatic rings. The Morgan fingerprint density at radius 3 is 2.62 bits per heavy atom. The molecule has 1 aromatic heterocycles. The zero-order chi connectivity index (χ0) is 22.3. The molecule has 166 valence electrons. The number of phenols is 1. The van der Waals surface area contributed by atoms with Crippen molar-refractivity contribution in [2.24, 2.45) is 5.10 Å². The molecular formula is C21H22BrN7O3. The van der Waals surface area contributed by atoms with Crippen molar-refractivity contribution in [3.8, 4) is 11.5 Å². The summed E-state index contributed by atoms with van der Waals surface area (Å²) in [5.74, 6) is 1.60. The van der Waals surface area contributed by atoms with Gasteiger partial charge in [-0.3, -0.25) is 0 Å². The smallest absolute Gasteiger partial charge is 0.250 e. The van der Waals surface area contributed by atoms with Gasteiger partial charge in [0.05, 0.1) is 31.0 Å². The number of benzene rings is 2. The molecule has 3 N–H and O–H groups in total.